The molecule has 8 heteroatoms. The Morgan fingerprint density at radius 3 is 2.50 bits per heavy atom. The van der Waals surface area contributed by atoms with Gasteiger partial charge in [0.15, 0.2) is 17.3 Å². The second-order valence-corrected chi connectivity index (χ2v) is 7.36. The Morgan fingerprint density at radius 1 is 0.929 bits per heavy atom. The summed E-state index contributed by atoms with van der Waals surface area (Å²) >= 11 is 0. The van der Waals surface area contributed by atoms with Crippen LogP contribution >= 0.6 is 0 Å². The molecule has 0 aliphatic rings. The highest BCUT2D eigenvalue weighted by molar-refractivity contribution is 5.86. The number of nitrogens with one attached hydrogen (secondary N) is 3. The van der Waals surface area contributed by atoms with Crippen molar-refractivity contribution in [2.75, 3.05) is 65.0 Å². The summed E-state index contributed by atoms with van der Waals surface area (Å²) in [4.78, 5) is 21.3. The summed E-state index contributed by atoms with van der Waals surface area (Å²) in [7, 11) is 8.28. The Labute approximate surface area is 166 Å². The zero-order valence-corrected chi connectivity index (χ0v) is 17.2. The molecule has 0 saturated heterocycles. The van der Waals surface area contributed by atoms with Gasteiger partial charge < -0.3 is 25.4 Å². The van der Waals surface area contributed by atoms with Gasteiger partial charge in [-0.2, -0.15) is 0 Å². The first-order valence-electron chi connectivity index (χ1n) is 9.62. The fraction of sp³-hybridized carbons (Fsp3) is 0.450. The lowest BCUT2D eigenvalue weighted by Crippen LogP contribution is -2.21. The Bertz CT molecular complexity index is 887. The van der Waals surface area contributed by atoms with Gasteiger partial charge in [-0.3, -0.25) is 0 Å². The van der Waals surface area contributed by atoms with Gasteiger partial charge in [-0.25, -0.2) is 15.0 Å². The zero-order valence-electron chi connectivity index (χ0n) is 17.2. The van der Waals surface area contributed by atoms with Gasteiger partial charge in [0.1, 0.15) is 5.52 Å². The van der Waals surface area contributed by atoms with Gasteiger partial charge in [0.25, 0.3) is 0 Å². The van der Waals surface area contributed by atoms with Gasteiger partial charge in [0.05, 0.1) is 6.33 Å². The molecule has 0 bridgehead atoms. The van der Waals surface area contributed by atoms with Crippen molar-refractivity contribution in [3.05, 3.63) is 30.6 Å². The monoisotopic (exact) mass is 382 g/mol. The van der Waals surface area contributed by atoms with Crippen LogP contribution in [0.3, 0.4) is 0 Å². The molecule has 3 rings (SSSR count). The fourth-order valence-electron chi connectivity index (χ4n) is 2.93. The lowest BCUT2D eigenvalue weighted by Gasteiger charge is -2.14. The minimum Gasteiger partial charge on any atom is -0.384 e. The van der Waals surface area contributed by atoms with Crippen molar-refractivity contribution in [2.24, 2.45) is 0 Å². The SMILES string of the molecule is CN(C)CCCNc1ccccc1-c1nc(NCCN(C)C)c2[nH]cnc2n1. The number of fused-ring (bicyclic) bond motifs is 1. The molecule has 0 atom stereocenters. The van der Waals surface area contributed by atoms with Crippen LogP contribution in [-0.4, -0.2) is 84.1 Å². The fourth-order valence-corrected chi connectivity index (χ4v) is 2.93. The van der Waals surface area contributed by atoms with Gasteiger partial charge in [-0.15, -0.1) is 0 Å². The molecule has 150 valence electrons. The van der Waals surface area contributed by atoms with Crippen LogP contribution in [0.15, 0.2) is 30.6 Å². The standard InChI is InChI=1S/C20H30N8/c1-27(2)12-7-10-21-16-9-6-5-8-15(16)18-25-19(22-11-13-28(3)4)17-20(26-18)24-14-23-17/h5-6,8-9,14,21H,7,10-13H2,1-4H3,(H2,22,23,24,25,26). The molecule has 0 spiro atoms. The summed E-state index contributed by atoms with van der Waals surface area (Å²) in [6.45, 7) is 3.65. The lowest BCUT2D eigenvalue weighted by molar-refractivity contribution is 0.405. The van der Waals surface area contributed by atoms with Crippen molar-refractivity contribution in [3.8, 4) is 11.4 Å². The van der Waals surface area contributed by atoms with Crippen LogP contribution < -0.4 is 10.6 Å². The third-order valence-corrected chi connectivity index (χ3v) is 4.40. The average molecular weight is 383 g/mol. The maximum absolute atomic E-state index is 4.80. The molecule has 2 heterocycles. The first kappa shape index (κ1) is 20.0. The molecule has 1 aromatic carbocycles. The topological polar surface area (TPSA) is 85.0 Å². The van der Waals surface area contributed by atoms with E-state index in [1.807, 2.05) is 18.2 Å². The molecule has 3 N–H and O–H groups in total. The summed E-state index contributed by atoms with van der Waals surface area (Å²) in [5, 5.41) is 6.93. The number of para-hydroxylation sites is 1. The molecule has 0 unspecified atom stereocenters. The summed E-state index contributed by atoms with van der Waals surface area (Å²) in [6, 6.07) is 8.16. The van der Waals surface area contributed by atoms with Gasteiger partial charge >= 0.3 is 0 Å². The zero-order chi connectivity index (χ0) is 19.9. The highest BCUT2D eigenvalue weighted by atomic mass is 15.1. The number of imidazole rings is 1. The van der Waals surface area contributed by atoms with Crippen molar-refractivity contribution in [1.82, 2.24) is 29.7 Å². The molecule has 8 nitrogen and oxygen atoms in total. The molecule has 0 radical (unpaired) electrons. The number of aromatic amines is 1. The number of aromatic nitrogens is 4. The van der Waals surface area contributed by atoms with Crippen molar-refractivity contribution >= 4 is 22.7 Å². The van der Waals surface area contributed by atoms with Crippen LogP contribution in [0.5, 0.6) is 0 Å². The van der Waals surface area contributed by atoms with Crippen LogP contribution in [0.25, 0.3) is 22.6 Å². The largest absolute Gasteiger partial charge is 0.384 e. The first-order chi connectivity index (χ1) is 13.5. The quantitative estimate of drug-likeness (QED) is 0.464. The van der Waals surface area contributed by atoms with E-state index in [1.165, 1.54) is 0 Å². The maximum Gasteiger partial charge on any atom is 0.183 e. The van der Waals surface area contributed by atoms with Crippen molar-refractivity contribution in [3.63, 3.8) is 0 Å². The van der Waals surface area contributed by atoms with E-state index in [-0.39, 0.29) is 0 Å². The minimum atomic E-state index is 0.666. The van der Waals surface area contributed by atoms with Crippen molar-refractivity contribution < 1.29 is 0 Å². The molecular formula is C20H30N8. The van der Waals surface area contributed by atoms with E-state index in [2.05, 4.69) is 69.6 Å². The number of nitrogens with zero attached hydrogens (tertiary/aromatic N) is 5. The van der Waals surface area contributed by atoms with Crippen LogP contribution in [0.2, 0.25) is 0 Å². The number of hydrogen-bond acceptors (Lipinski definition) is 7. The summed E-state index contributed by atoms with van der Waals surface area (Å²) in [5.41, 5.74) is 3.52. The van der Waals surface area contributed by atoms with E-state index in [1.54, 1.807) is 6.33 Å². The van der Waals surface area contributed by atoms with Crippen molar-refractivity contribution in [2.45, 2.75) is 6.42 Å². The van der Waals surface area contributed by atoms with Crippen LogP contribution in [0.1, 0.15) is 6.42 Å². The number of H-pyrrole nitrogens is 1. The predicted octanol–water partition coefficient (Wildman–Crippen LogP) is 2.36. The highest BCUT2D eigenvalue weighted by Crippen LogP contribution is 2.28. The van der Waals surface area contributed by atoms with Gasteiger partial charge in [0.2, 0.25) is 0 Å². The average Bonchev–Trinajstić information content (AvgIpc) is 3.14. The molecule has 0 aliphatic carbocycles. The van der Waals surface area contributed by atoms with E-state index in [0.29, 0.717) is 11.5 Å². The third kappa shape index (κ3) is 5.17. The second kappa shape index (κ2) is 9.48. The Kier molecular flexibility index (Phi) is 6.78. The van der Waals surface area contributed by atoms with Gasteiger partial charge in [0, 0.05) is 30.9 Å². The van der Waals surface area contributed by atoms with E-state index >= 15 is 0 Å². The summed E-state index contributed by atoms with van der Waals surface area (Å²) in [5.74, 6) is 1.45. The van der Waals surface area contributed by atoms with Crippen LogP contribution in [-0.2, 0) is 0 Å². The molecule has 0 amide bonds. The number of likely N-dealkylation sites (N-methyl/N-ethyl adjacent to an activating group) is 1. The molecule has 28 heavy (non-hydrogen) atoms. The Balaban J connectivity index is 1.84. The van der Waals surface area contributed by atoms with E-state index in [0.717, 1.165) is 55.2 Å². The highest BCUT2D eigenvalue weighted by Gasteiger charge is 2.14. The number of benzene rings is 1. The Morgan fingerprint density at radius 2 is 1.71 bits per heavy atom. The van der Waals surface area contributed by atoms with E-state index in [9.17, 15) is 0 Å². The van der Waals surface area contributed by atoms with Gasteiger partial charge in [-0.05, 0) is 53.3 Å². The van der Waals surface area contributed by atoms with E-state index < -0.39 is 0 Å². The van der Waals surface area contributed by atoms with Gasteiger partial charge in [-0.1, -0.05) is 12.1 Å². The molecule has 3 aromatic rings. The summed E-state index contributed by atoms with van der Waals surface area (Å²) in [6.07, 6.45) is 2.73. The number of rotatable bonds is 10. The minimum absolute atomic E-state index is 0.666. The second-order valence-electron chi connectivity index (χ2n) is 7.36. The molecular weight excluding hydrogens is 352 g/mol. The lowest BCUT2D eigenvalue weighted by atomic mass is 10.1. The first-order valence-corrected chi connectivity index (χ1v) is 9.62. The predicted molar refractivity (Wildman–Crippen MR) is 116 cm³/mol. The van der Waals surface area contributed by atoms with Crippen LogP contribution in [0, 0.1) is 0 Å². The maximum atomic E-state index is 4.80. The number of anilines is 2. The smallest absolute Gasteiger partial charge is 0.183 e. The third-order valence-electron chi connectivity index (χ3n) is 4.40. The molecule has 0 saturated carbocycles. The number of hydrogen-bond donors (Lipinski definition) is 3. The molecule has 0 aliphatic heterocycles. The van der Waals surface area contributed by atoms with Crippen LogP contribution in [0.4, 0.5) is 11.5 Å². The normalized spacial score (nSPS) is 11.5. The molecule has 2 aromatic heterocycles. The van der Waals surface area contributed by atoms with Crippen molar-refractivity contribution in [1.29, 1.82) is 0 Å². The summed E-state index contributed by atoms with van der Waals surface area (Å²) < 4.78 is 0. The molecule has 0 fully saturated rings. The van der Waals surface area contributed by atoms with E-state index in [4.69, 9.17) is 4.98 Å². The Hall–Kier alpha value is -2.71.